The van der Waals surface area contributed by atoms with Crippen LogP contribution in [0.1, 0.15) is 5.89 Å². The molecule has 1 heterocycles. The number of carbonyl (C=O) groups is 1. The Morgan fingerprint density at radius 3 is 2.73 bits per heavy atom. The summed E-state index contributed by atoms with van der Waals surface area (Å²) in [5, 5.41) is 11.4. The molecule has 2 aromatic carbocycles. The summed E-state index contributed by atoms with van der Waals surface area (Å²) < 4.78 is 11.9. The van der Waals surface area contributed by atoms with E-state index in [1.165, 1.54) is 0 Å². The zero-order chi connectivity index (χ0) is 18.4. The lowest BCUT2D eigenvalue weighted by atomic mass is 10.3. The molecule has 0 saturated heterocycles. The minimum absolute atomic E-state index is 0.0996. The second-order valence-electron chi connectivity index (χ2n) is 5.02. The number of anilines is 1. The number of ether oxygens (including phenoxy) is 1. The Bertz CT molecular complexity index is 889. The van der Waals surface area contributed by atoms with Crippen LogP contribution in [0.2, 0.25) is 5.02 Å². The molecule has 0 unspecified atom stereocenters. The van der Waals surface area contributed by atoms with Crippen LogP contribution in [0.15, 0.2) is 62.6 Å². The molecule has 1 N–H and O–H groups in total. The van der Waals surface area contributed by atoms with Gasteiger partial charge in [0.25, 0.3) is 11.1 Å². The Hall–Kier alpha value is -2.03. The summed E-state index contributed by atoms with van der Waals surface area (Å²) in [4.78, 5) is 12.0. The van der Waals surface area contributed by atoms with Crippen LogP contribution in [-0.2, 0) is 11.4 Å². The molecule has 9 heteroatoms. The first kappa shape index (κ1) is 18.8. The Morgan fingerprint density at radius 1 is 1.19 bits per heavy atom. The number of benzene rings is 2. The van der Waals surface area contributed by atoms with Crippen molar-refractivity contribution in [2.75, 3.05) is 11.1 Å². The molecule has 134 valence electrons. The van der Waals surface area contributed by atoms with E-state index in [0.29, 0.717) is 21.9 Å². The summed E-state index contributed by atoms with van der Waals surface area (Å²) in [5.41, 5.74) is 0.721. The van der Waals surface area contributed by atoms with Gasteiger partial charge in [0, 0.05) is 10.2 Å². The first-order valence-corrected chi connectivity index (χ1v) is 9.64. The van der Waals surface area contributed by atoms with E-state index in [-0.39, 0.29) is 18.3 Å². The Kier molecular flexibility index (Phi) is 6.54. The van der Waals surface area contributed by atoms with Gasteiger partial charge in [-0.3, -0.25) is 4.79 Å². The SMILES string of the molecule is O=C(CSc1nnc(COc2ccccc2Cl)o1)Nc1ccc(Br)cc1. The van der Waals surface area contributed by atoms with Gasteiger partial charge in [0.15, 0.2) is 6.61 Å². The quantitative estimate of drug-likeness (QED) is 0.517. The average molecular weight is 455 g/mol. The predicted octanol–water partition coefficient (Wildman–Crippen LogP) is 4.80. The lowest BCUT2D eigenvalue weighted by molar-refractivity contribution is -0.113. The van der Waals surface area contributed by atoms with Gasteiger partial charge in [-0.15, -0.1) is 10.2 Å². The maximum atomic E-state index is 12.0. The number of amides is 1. The monoisotopic (exact) mass is 453 g/mol. The molecule has 0 aliphatic heterocycles. The van der Waals surface area contributed by atoms with Crippen LogP contribution in [-0.4, -0.2) is 21.9 Å². The number of nitrogens with zero attached hydrogens (tertiary/aromatic N) is 2. The van der Waals surface area contributed by atoms with Gasteiger partial charge in [0.05, 0.1) is 10.8 Å². The van der Waals surface area contributed by atoms with Crippen molar-refractivity contribution in [3.05, 3.63) is 63.9 Å². The Labute approximate surface area is 167 Å². The minimum atomic E-state index is -0.163. The second-order valence-corrected chi connectivity index (χ2v) is 7.27. The largest absolute Gasteiger partial charge is 0.482 e. The smallest absolute Gasteiger partial charge is 0.277 e. The fourth-order valence-corrected chi connectivity index (χ4v) is 2.95. The van der Waals surface area contributed by atoms with Crippen molar-refractivity contribution in [1.82, 2.24) is 10.2 Å². The van der Waals surface area contributed by atoms with Crippen LogP contribution in [0.4, 0.5) is 5.69 Å². The Morgan fingerprint density at radius 2 is 1.96 bits per heavy atom. The number of halogens is 2. The van der Waals surface area contributed by atoms with Crippen molar-refractivity contribution in [3.8, 4) is 5.75 Å². The van der Waals surface area contributed by atoms with Gasteiger partial charge in [0.2, 0.25) is 5.91 Å². The molecule has 1 aromatic heterocycles. The number of rotatable bonds is 7. The van der Waals surface area contributed by atoms with Gasteiger partial charge >= 0.3 is 0 Å². The maximum Gasteiger partial charge on any atom is 0.277 e. The molecule has 1 amide bonds. The molecule has 0 aliphatic carbocycles. The van der Waals surface area contributed by atoms with Crippen molar-refractivity contribution in [2.24, 2.45) is 0 Å². The first-order valence-electron chi connectivity index (χ1n) is 7.48. The zero-order valence-electron chi connectivity index (χ0n) is 13.3. The molecular formula is C17H13BrClN3O3S. The highest BCUT2D eigenvalue weighted by Crippen LogP contribution is 2.24. The number of hydrogen-bond acceptors (Lipinski definition) is 6. The van der Waals surface area contributed by atoms with Gasteiger partial charge in [-0.05, 0) is 36.4 Å². The molecule has 3 rings (SSSR count). The summed E-state index contributed by atoms with van der Waals surface area (Å²) in [6.07, 6.45) is 0. The summed E-state index contributed by atoms with van der Waals surface area (Å²) in [7, 11) is 0. The molecular weight excluding hydrogens is 442 g/mol. The lowest BCUT2D eigenvalue weighted by Crippen LogP contribution is -2.13. The van der Waals surface area contributed by atoms with Crippen molar-refractivity contribution in [3.63, 3.8) is 0 Å². The van der Waals surface area contributed by atoms with Crippen LogP contribution < -0.4 is 10.1 Å². The maximum absolute atomic E-state index is 12.0. The molecule has 6 nitrogen and oxygen atoms in total. The summed E-state index contributed by atoms with van der Waals surface area (Å²) in [5.74, 6) is 0.837. The van der Waals surface area contributed by atoms with Crippen molar-refractivity contribution in [1.29, 1.82) is 0 Å². The van der Waals surface area contributed by atoms with Gasteiger partial charge in [-0.1, -0.05) is 51.4 Å². The molecule has 3 aromatic rings. The lowest BCUT2D eigenvalue weighted by Gasteiger charge is -2.04. The standard InChI is InChI=1S/C17H13BrClN3O3S/c18-11-5-7-12(8-6-11)20-15(23)10-26-17-22-21-16(25-17)9-24-14-4-2-1-3-13(14)19/h1-8H,9-10H2,(H,20,23). The van der Waals surface area contributed by atoms with E-state index in [4.69, 9.17) is 20.8 Å². The molecule has 0 aliphatic rings. The summed E-state index contributed by atoms with van der Waals surface area (Å²) in [6.45, 7) is 0.0996. The number of para-hydroxylation sites is 1. The van der Waals surface area contributed by atoms with Crippen LogP contribution in [0.25, 0.3) is 0 Å². The molecule has 0 saturated carbocycles. The molecule has 0 fully saturated rings. The number of aromatic nitrogens is 2. The van der Waals surface area contributed by atoms with E-state index in [0.717, 1.165) is 21.9 Å². The van der Waals surface area contributed by atoms with E-state index in [9.17, 15) is 4.79 Å². The Balaban J connectivity index is 1.46. The average Bonchev–Trinajstić information content (AvgIpc) is 3.09. The number of carbonyl (C=O) groups excluding carboxylic acids is 1. The van der Waals surface area contributed by atoms with E-state index in [1.54, 1.807) is 12.1 Å². The number of nitrogens with one attached hydrogen (secondary N) is 1. The van der Waals surface area contributed by atoms with Crippen molar-refractivity contribution in [2.45, 2.75) is 11.8 Å². The van der Waals surface area contributed by atoms with Gasteiger partial charge < -0.3 is 14.5 Å². The van der Waals surface area contributed by atoms with E-state index in [1.807, 2.05) is 36.4 Å². The second kappa shape index (κ2) is 9.07. The third-order valence-electron chi connectivity index (χ3n) is 3.09. The third-order valence-corrected chi connectivity index (χ3v) is 4.75. The number of thioether (sulfide) groups is 1. The van der Waals surface area contributed by atoms with Gasteiger partial charge in [-0.2, -0.15) is 0 Å². The summed E-state index contributed by atoms with van der Waals surface area (Å²) in [6, 6.07) is 14.4. The highest BCUT2D eigenvalue weighted by Gasteiger charge is 2.11. The van der Waals surface area contributed by atoms with E-state index < -0.39 is 0 Å². The number of hydrogen-bond donors (Lipinski definition) is 1. The molecule has 0 atom stereocenters. The minimum Gasteiger partial charge on any atom is -0.482 e. The van der Waals surface area contributed by atoms with Gasteiger partial charge in [-0.25, -0.2) is 0 Å². The summed E-state index contributed by atoms with van der Waals surface area (Å²) >= 11 is 10.5. The van der Waals surface area contributed by atoms with E-state index >= 15 is 0 Å². The normalized spacial score (nSPS) is 10.5. The highest BCUT2D eigenvalue weighted by atomic mass is 79.9. The van der Waals surface area contributed by atoms with Crippen LogP contribution in [0.3, 0.4) is 0 Å². The zero-order valence-corrected chi connectivity index (χ0v) is 16.5. The fourth-order valence-electron chi connectivity index (χ4n) is 1.91. The van der Waals surface area contributed by atoms with Gasteiger partial charge in [0.1, 0.15) is 5.75 Å². The van der Waals surface area contributed by atoms with E-state index in [2.05, 4.69) is 31.4 Å². The predicted molar refractivity (Wildman–Crippen MR) is 104 cm³/mol. The van der Waals surface area contributed by atoms with Crippen molar-refractivity contribution >= 4 is 50.9 Å². The highest BCUT2D eigenvalue weighted by molar-refractivity contribution is 9.10. The third kappa shape index (κ3) is 5.48. The molecule has 26 heavy (non-hydrogen) atoms. The van der Waals surface area contributed by atoms with Crippen LogP contribution >= 0.6 is 39.3 Å². The van der Waals surface area contributed by atoms with Crippen LogP contribution in [0.5, 0.6) is 5.75 Å². The van der Waals surface area contributed by atoms with Crippen LogP contribution in [0, 0.1) is 0 Å². The fraction of sp³-hybridized carbons (Fsp3) is 0.118. The molecule has 0 bridgehead atoms. The molecule has 0 spiro atoms. The van der Waals surface area contributed by atoms with Crippen molar-refractivity contribution < 1.29 is 13.9 Å². The first-order chi connectivity index (χ1) is 12.6. The molecule has 0 radical (unpaired) electrons. The topological polar surface area (TPSA) is 77.2 Å².